The second kappa shape index (κ2) is 3.96. The summed E-state index contributed by atoms with van der Waals surface area (Å²) in [7, 11) is -0.422. The van der Waals surface area contributed by atoms with Crippen LogP contribution >= 0.6 is 0 Å². The van der Waals surface area contributed by atoms with Gasteiger partial charge in [-0.05, 0) is 0 Å². The summed E-state index contributed by atoms with van der Waals surface area (Å²) >= 11 is 0.943. The van der Waals surface area contributed by atoms with Crippen LogP contribution in [0, 0.1) is 0 Å². The first-order valence-corrected chi connectivity index (χ1v) is 8.77. The predicted octanol–water partition coefficient (Wildman–Crippen LogP) is 0.884. The molecule has 1 rings (SSSR count). The molecule has 1 aliphatic rings. The normalized spacial score (nSPS) is 25.9. The van der Waals surface area contributed by atoms with Gasteiger partial charge in [0.2, 0.25) is 0 Å². The summed E-state index contributed by atoms with van der Waals surface area (Å²) in [5.74, 6) is 0. The Morgan fingerprint density at radius 1 is 1.22 bits per heavy atom. The van der Waals surface area contributed by atoms with Gasteiger partial charge in [0.15, 0.2) is 0 Å². The molecule has 0 heterocycles. The molecule has 1 atom stereocenters. The Hall–Kier alpha value is 0.949. The maximum atomic E-state index is 11.0. The van der Waals surface area contributed by atoms with E-state index in [1.807, 2.05) is 0 Å². The average Bonchev–Trinajstić information content (AvgIpc) is 1.90. The molecule has 0 N–H and O–H groups in total. The summed E-state index contributed by atoms with van der Waals surface area (Å²) in [6, 6.07) is 0. The molecule has 1 aliphatic carbocycles. The standard InChI is InChI=1S/C6H11OS.Sn.H/c7-8-6-4-2-1-3-5-6;;/h6H,1-5H2;;/q+1;-1;. The Morgan fingerprint density at radius 3 is 2.11 bits per heavy atom. The number of hydrogen-bond acceptors (Lipinski definition) is 1. The third-order valence-corrected chi connectivity index (χ3v) is 6.30. The quantitative estimate of drug-likeness (QED) is 0.632. The Balaban J connectivity index is 2.31. The van der Waals surface area contributed by atoms with E-state index < -0.39 is 7.98 Å². The van der Waals surface area contributed by atoms with Crippen molar-refractivity contribution in [2.75, 3.05) is 0 Å². The molecule has 0 aromatic rings. The van der Waals surface area contributed by atoms with Crippen LogP contribution in [0.25, 0.3) is 0 Å². The predicted molar refractivity (Wildman–Crippen MR) is 42.2 cm³/mol. The van der Waals surface area contributed by atoms with Crippen LogP contribution < -0.4 is 0 Å². The molecule has 0 amide bonds. The Bertz CT molecular complexity index is 110. The van der Waals surface area contributed by atoms with Crippen molar-refractivity contribution in [1.29, 1.82) is 0 Å². The van der Waals surface area contributed by atoms with Crippen molar-refractivity contribution in [3.05, 3.63) is 0 Å². The van der Waals surface area contributed by atoms with Crippen molar-refractivity contribution in [2.45, 2.75) is 37.4 Å². The fourth-order valence-electron chi connectivity index (χ4n) is 1.30. The van der Waals surface area contributed by atoms with Crippen molar-refractivity contribution in [3.63, 3.8) is 0 Å². The molecule has 9 heavy (non-hydrogen) atoms. The van der Waals surface area contributed by atoms with Gasteiger partial charge in [0.05, 0.1) is 0 Å². The fourth-order valence-corrected chi connectivity index (χ4v) is 4.43. The van der Waals surface area contributed by atoms with Crippen molar-refractivity contribution in [2.24, 2.45) is 0 Å². The second-order valence-corrected chi connectivity index (χ2v) is 7.89. The Kier molecular flexibility index (Phi) is 3.54. The molecule has 52 valence electrons. The van der Waals surface area contributed by atoms with Gasteiger partial charge in [0.1, 0.15) is 0 Å². The minimum atomic E-state index is -0.422. The molecular formula is C6H12OSSn. The molecule has 1 nitrogen and oxygen atoms in total. The van der Waals surface area contributed by atoms with Gasteiger partial charge in [0.25, 0.3) is 0 Å². The van der Waals surface area contributed by atoms with E-state index in [0.717, 1.165) is 21.1 Å². The monoisotopic (exact) mass is 252 g/mol. The van der Waals surface area contributed by atoms with Crippen molar-refractivity contribution in [3.8, 4) is 0 Å². The van der Waals surface area contributed by atoms with Gasteiger partial charge in [-0.2, -0.15) is 0 Å². The summed E-state index contributed by atoms with van der Waals surface area (Å²) in [4.78, 5) is 0. The van der Waals surface area contributed by atoms with Gasteiger partial charge in [-0.3, -0.25) is 0 Å². The van der Waals surface area contributed by atoms with Crippen molar-refractivity contribution < 1.29 is 4.21 Å². The van der Waals surface area contributed by atoms with E-state index in [0.29, 0.717) is 5.25 Å². The van der Waals surface area contributed by atoms with Crippen LogP contribution in [0.1, 0.15) is 32.1 Å². The zero-order chi connectivity index (χ0) is 6.69. The second-order valence-electron chi connectivity index (χ2n) is 2.59. The van der Waals surface area contributed by atoms with Crippen molar-refractivity contribution in [1.82, 2.24) is 0 Å². The van der Waals surface area contributed by atoms with E-state index >= 15 is 0 Å². The van der Waals surface area contributed by atoms with Crippen LogP contribution in [0.3, 0.4) is 0 Å². The van der Waals surface area contributed by atoms with Crippen LogP contribution in [0.2, 0.25) is 0 Å². The molecule has 0 aliphatic heterocycles. The summed E-state index contributed by atoms with van der Waals surface area (Å²) < 4.78 is 11.0. The fraction of sp³-hybridized carbons (Fsp3) is 1.00. The summed E-state index contributed by atoms with van der Waals surface area (Å²) in [6.07, 6.45) is 6.46. The van der Waals surface area contributed by atoms with E-state index in [1.165, 1.54) is 32.1 Å². The van der Waals surface area contributed by atoms with E-state index in [2.05, 4.69) is 0 Å². The molecule has 0 aromatic carbocycles. The third kappa shape index (κ3) is 2.58. The van der Waals surface area contributed by atoms with Crippen LogP contribution in [0.15, 0.2) is 0 Å². The molecule has 2 radical (unpaired) electrons. The summed E-state index contributed by atoms with van der Waals surface area (Å²) in [6.45, 7) is 0. The average molecular weight is 251 g/mol. The molecule has 0 spiro atoms. The van der Waals surface area contributed by atoms with Gasteiger partial charge in [-0.1, -0.05) is 0 Å². The van der Waals surface area contributed by atoms with E-state index in [4.69, 9.17) is 0 Å². The molecule has 1 fully saturated rings. The molecule has 0 saturated heterocycles. The molecule has 0 bridgehead atoms. The molecule has 3 heteroatoms. The van der Waals surface area contributed by atoms with Gasteiger partial charge in [-0.15, -0.1) is 0 Å². The number of rotatable bonds is 1. The van der Waals surface area contributed by atoms with Gasteiger partial charge in [0, 0.05) is 0 Å². The summed E-state index contributed by atoms with van der Waals surface area (Å²) in [5, 5.41) is 0.584. The van der Waals surface area contributed by atoms with Crippen LogP contribution in [0.4, 0.5) is 0 Å². The first-order chi connectivity index (χ1) is 4.30. The molecule has 1 unspecified atom stereocenters. The Labute approximate surface area is 70.6 Å². The van der Waals surface area contributed by atoms with Gasteiger partial charge >= 0.3 is 70.7 Å². The van der Waals surface area contributed by atoms with Crippen LogP contribution in [0.5, 0.6) is 0 Å². The van der Waals surface area contributed by atoms with Gasteiger partial charge in [-0.25, -0.2) is 0 Å². The zero-order valence-corrected chi connectivity index (χ0v) is 9.62. The molecule has 0 aromatic heterocycles. The maximum absolute atomic E-state index is 11.0. The van der Waals surface area contributed by atoms with Crippen LogP contribution in [-0.2, 0) is 7.98 Å². The number of hydrogen-bond donors (Lipinski definition) is 0. The minimum absolute atomic E-state index is 0.422. The molecular weight excluding hydrogens is 239 g/mol. The van der Waals surface area contributed by atoms with Gasteiger partial charge < -0.3 is 0 Å². The Morgan fingerprint density at radius 2 is 1.78 bits per heavy atom. The van der Waals surface area contributed by atoms with E-state index in [-0.39, 0.29) is 0 Å². The topological polar surface area (TPSA) is 17.1 Å². The van der Waals surface area contributed by atoms with E-state index in [1.54, 1.807) is 0 Å². The third-order valence-electron chi connectivity index (χ3n) is 1.88. The SMILES string of the molecule is O=[S]([SnH])C1CCCCC1. The van der Waals surface area contributed by atoms with Crippen molar-refractivity contribution >= 4 is 29.1 Å². The first-order valence-electron chi connectivity index (χ1n) is 3.45. The van der Waals surface area contributed by atoms with E-state index in [9.17, 15) is 4.21 Å². The molecule has 1 saturated carbocycles. The summed E-state index contributed by atoms with van der Waals surface area (Å²) in [5.41, 5.74) is 0. The zero-order valence-electron chi connectivity index (χ0n) is 5.51. The van der Waals surface area contributed by atoms with Crippen LogP contribution in [-0.4, -0.2) is 30.6 Å². The first kappa shape index (κ1) is 8.05.